The molecule has 0 fully saturated rings. The minimum absolute atomic E-state index is 0.0320. The van der Waals surface area contributed by atoms with Gasteiger partial charge >= 0.3 is 12.0 Å². The normalized spacial score (nSPS) is 11.1. The molecule has 8 heteroatoms. The number of carbonyl (C=O) groups is 2. The number of urea groups is 1. The number of aliphatic carboxylic acids is 1. The van der Waals surface area contributed by atoms with E-state index in [0.29, 0.717) is 0 Å². The van der Waals surface area contributed by atoms with Gasteiger partial charge in [0, 0.05) is 11.0 Å². The molecular formula is C12H13BrClFN2O3. The number of carboxylic acids is 1. The van der Waals surface area contributed by atoms with Crippen molar-refractivity contribution in [2.75, 3.05) is 11.9 Å². The van der Waals surface area contributed by atoms with Crippen molar-refractivity contribution in [3.8, 4) is 0 Å². The minimum atomic E-state index is -1.10. The Labute approximate surface area is 128 Å². The third-order valence-electron chi connectivity index (χ3n) is 2.52. The summed E-state index contributed by atoms with van der Waals surface area (Å²) in [6.45, 7) is 2.90. The van der Waals surface area contributed by atoms with E-state index in [2.05, 4.69) is 26.6 Å². The van der Waals surface area contributed by atoms with Gasteiger partial charge in [-0.1, -0.05) is 11.6 Å². The van der Waals surface area contributed by atoms with Crippen LogP contribution in [-0.2, 0) is 4.79 Å². The van der Waals surface area contributed by atoms with Gasteiger partial charge in [0.1, 0.15) is 5.82 Å². The van der Waals surface area contributed by atoms with Crippen LogP contribution in [0.5, 0.6) is 0 Å². The molecule has 20 heavy (non-hydrogen) atoms. The molecule has 3 N–H and O–H groups in total. The first-order valence-electron chi connectivity index (χ1n) is 5.56. The fourth-order valence-electron chi connectivity index (χ4n) is 1.20. The Morgan fingerprint density at radius 3 is 2.55 bits per heavy atom. The van der Waals surface area contributed by atoms with Gasteiger partial charge in [-0.05, 0) is 41.9 Å². The number of halogens is 3. The maximum absolute atomic E-state index is 13.0. The zero-order chi connectivity index (χ0) is 15.5. The number of rotatable bonds is 4. The number of anilines is 1. The summed E-state index contributed by atoms with van der Waals surface area (Å²) in [6, 6.07) is 1.58. The van der Waals surface area contributed by atoms with Crippen LogP contribution < -0.4 is 10.6 Å². The van der Waals surface area contributed by atoms with E-state index in [1.807, 2.05) is 0 Å². The van der Waals surface area contributed by atoms with E-state index >= 15 is 0 Å². The summed E-state index contributed by atoms with van der Waals surface area (Å²) in [6.07, 6.45) is 0. The molecule has 0 heterocycles. The zero-order valence-corrected chi connectivity index (χ0v) is 13.1. The van der Waals surface area contributed by atoms with Crippen molar-refractivity contribution in [3.05, 3.63) is 27.4 Å². The van der Waals surface area contributed by atoms with E-state index in [1.54, 1.807) is 0 Å². The molecule has 0 atom stereocenters. The SMILES string of the molecule is CC(C)(CNC(=O)Nc1c(Cl)cc(F)cc1Br)C(=O)O. The van der Waals surface area contributed by atoms with Crippen molar-refractivity contribution in [2.45, 2.75) is 13.8 Å². The van der Waals surface area contributed by atoms with Gasteiger partial charge in [-0.25, -0.2) is 9.18 Å². The minimum Gasteiger partial charge on any atom is -0.481 e. The van der Waals surface area contributed by atoms with Gasteiger partial charge in [0.15, 0.2) is 0 Å². The van der Waals surface area contributed by atoms with Crippen LogP contribution in [0.15, 0.2) is 16.6 Å². The highest BCUT2D eigenvalue weighted by atomic mass is 79.9. The first-order valence-corrected chi connectivity index (χ1v) is 6.73. The smallest absolute Gasteiger partial charge is 0.319 e. The quantitative estimate of drug-likeness (QED) is 0.762. The second-order valence-corrected chi connectivity index (χ2v) is 6.00. The van der Waals surface area contributed by atoms with E-state index in [4.69, 9.17) is 16.7 Å². The van der Waals surface area contributed by atoms with Crippen molar-refractivity contribution in [3.63, 3.8) is 0 Å². The first kappa shape index (κ1) is 16.7. The third-order valence-corrected chi connectivity index (χ3v) is 3.44. The molecule has 0 saturated carbocycles. The molecule has 1 aromatic carbocycles. The lowest BCUT2D eigenvalue weighted by Crippen LogP contribution is -2.40. The fourth-order valence-corrected chi connectivity index (χ4v) is 2.10. The topological polar surface area (TPSA) is 78.4 Å². The average molecular weight is 368 g/mol. The van der Waals surface area contributed by atoms with Crippen LogP contribution in [0.2, 0.25) is 5.02 Å². The Kier molecular flexibility index (Phi) is 5.35. The second kappa shape index (κ2) is 6.41. The van der Waals surface area contributed by atoms with Gasteiger partial charge in [0.25, 0.3) is 0 Å². The highest BCUT2D eigenvalue weighted by Gasteiger charge is 2.27. The van der Waals surface area contributed by atoms with Crippen LogP contribution in [-0.4, -0.2) is 23.7 Å². The summed E-state index contributed by atoms with van der Waals surface area (Å²) < 4.78 is 13.3. The Morgan fingerprint density at radius 2 is 2.05 bits per heavy atom. The molecule has 0 radical (unpaired) electrons. The highest BCUT2D eigenvalue weighted by molar-refractivity contribution is 9.10. The molecule has 110 valence electrons. The Balaban J connectivity index is 2.71. The Morgan fingerprint density at radius 1 is 1.45 bits per heavy atom. The number of hydrogen-bond acceptors (Lipinski definition) is 2. The number of hydrogen-bond donors (Lipinski definition) is 3. The predicted octanol–water partition coefficient (Wildman–Crippen LogP) is 3.47. The summed E-state index contributed by atoms with van der Waals surface area (Å²) in [4.78, 5) is 22.6. The Hall–Kier alpha value is -1.34. The van der Waals surface area contributed by atoms with Gasteiger partial charge in [0.05, 0.1) is 16.1 Å². The molecule has 0 aliphatic rings. The van der Waals surface area contributed by atoms with Crippen molar-refractivity contribution in [1.82, 2.24) is 5.32 Å². The molecule has 1 aromatic rings. The summed E-state index contributed by atoms with van der Waals surface area (Å²) in [7, 11) is 0. The van der Waals surface area contributed by atoms with Crippen LogP contribution in [0, 0.1) is 11.2 Å². The van der Waals surface area contributed by atoms with Crippen molar-refractivity contribution in [1.29, 1.82) is 0 Å². The first-order chi connectivity index (χ1) is 9.13. The average Bonchev–Trinajstić information content (AvgIpc) is 2.31. The molecule has 2 amide bonds. The van der Waals surface area contributed by atoms with Gasteiger partial charge in [-0.3, -0.25) is 4.79 Å². The molecule has 0 spiro atoms. The molecule has 0 aliphatic carbocycles. The highest BCUT2D eigenvalue weighted by Crippen LogP contribution is 2.31. The molecular weight excluding hydrogens is 354 g/mol. The van der Waals surface area contributed by atoms with Crippen LogP contribution in [0.1, 0.15) is 13.8 Å². The van der Waals surface area contributed by atoms with E-state index in [1.165, 1.54) is 13.8 Å². The van der Waals surface area contributed by atoms with E-state index < -0.39 is 23.2 Å². The summed E-state index contributed by atoms with van der Waals surface area (Å²) in [5.74, 6) is -1.57. The van der Waals surface area contributed by atoms with Gasteiger partial charge < -0.3 is 15.7 Å². The van der Waals surface area contributed by atoms with Crippen LogP contribution in [0.25, 0.3) is 0 Å². The number of carboxylic acid groups (broad SMARTS) is 1. The number of benzene rings is 1. The zero-order valence-electron chi connectivity index (χ0n) is 10.8. The van der Waals surface area contributed by atoms with E-state index in [9.17, 15) is 14.0 Å². The molecule has 5 nitrogen and oxygen atoms in total. The van der Waals surface area contributed by atoms with Crippen molar-refractivity contribution < 1.29 is 19.1 Å². The van der Waals surface area contributed by atoms with Crippen molar-refractivity contribution in [2.24, 2.45) is 5.41 Å². The number of nitrogens with one attached hydrogen (secondary N) is 2. The Bertz CT molecular complexity index is 528. The molecule has 0 bridgehead atoms. The lowest BCUT2D eigenvalue weighted by Gasteiger charge is -2.20. The second-order valence-electron chi connectivity index (χ2n) is 4.74. The molecule has 0 saturated heterocycles. The largest absolute Gasteiger partial charge is 0.481 e. The monoisotopic (exact) mass is 366 g/mol. The maximum Gasteiger partial charge on any atom is 0.319 e. The lowest BCUT2D eigenvalue weighted by atomic mass is 9.94. The third kappa shape index (κ3) is 4.35. The summed E-state index contributed by atoms with van der Waals surface area (Å²) >= 11 is 8.89. The van der Waals surface area contributed by atoms with Crippen LogP contribution >= 0.6 is 27.5 Å². The molecule has 0 aliphatic heterocycles. The van der Waals surface area contributed by atoms with Crippen LogP contribution in [0.4, 0.5) is 14.9 Å². The summed E-state index contributed by atoms with van der Waals surface area (Å²) in [5.41, 5.74) is -0.889. The van der Waals surface area contributed by atoms with Gasteiger partial charge in [-0.15, -0.1) is 0 Å². The number of amides is 2. The maximum atomic E-state index is 13.0. The fraction of sp³-hybridized carbons (Fsp3) is 0.333. The van der Waals surface area contributed by atoms with E-state index in [0.717, 1.165) is 12.1 Å². The predicted molar refractivity (Wildman–Crippen MR) is 77.5 cm³/mol. The standard InChI is InChI=1S/C12H13BrClFN2O3/c1-12(2,10(18)19)5-16-11(20)17-9-7(13)3-6(15)4-8(9)14/h3-4H,5H2,1-2H3,(H,18,19)(H2,16,17,20). The molecule has 1 rings (SSSR count). The summed E-state index contributed by atoms with van der Waals surface area (Å²) in [5, 5.41) is 13.8. The van der Waals surface area contributed by atoms with Crippen molar-refractivity contribution >= 4 is 45.2 Å². The van der Waals surface area contributed by atoms with Crippen LogP contribution in [0.3, 0.4) is 0 Å². The number of carbonyl (C=O) groups excluding carboxylic acids is 1. The van der Waals surface area contributed by atoms with E-state index in [-0.39, 0.29) is 21.7 Å². The van der Waals surface area contributed by atoms with Gasteiger partial charge in [-0.2, -0.15) is 0 Å². The van der Waals surface area contributed by atoms with Gasteiger partial charge in [0.2, 0.25) is 0 Å². The molecule has 0 aromatic heterocycles. The molecule has 0 unspecified atom stereocenters. The lowest BCUT2D eigenvalue weighted by molar-refractivity contribution is -0.146.